The van der Waals surface area contributed by atoms with Crippen LogP contribution < -0.4 is 10.6 Å². The van der Waals surface area contributed by atoms with Crippen LogP contribution >= 0.6 is 0 Å². The van der Waals surface area contributed by atoms with Gasteiger partial charge in [-0.25, -0.2) is 4.98 Å². The molecule has 0 aliphatic heterocycles. The summed E-state index contributed by atoms with van der Waals surface area (Å²) in [6, 6.07) is 9.92. The van der Waals surface area contributed by atoms with Crippen molar-refractivity contribution in [2.45, 2.75) is 27.2 Å². The van der Waals surface area contributed by atoms with Crippen molar-refractivity contribution in [2.24, 2.45) is 0 Å². The Balaban J connectivity index is 1.87. The third-order valence-corrected chi connectivity index (χ3v) is 4.94. The van der Waals surface area contributed by atoms with Crippen LogP contribution in [0.2, 0.25) is 0 Å². The zero-order valence-electron chi connectivity index (χ0n) is 17.2. The quantitative estimate of drug-likeness (QED) is 0.552. The Kier molecular flexibility index (Phi) is 6.15. The maximum atomic E-state index is 12.5. The number of benzene rings is 1. The highest BCUT2D eigenvalue weighted by Crippen LogP contribution is 2.27. The SMILES string of the molecule is Cc1ccc(-c2nc3c(C)cccn3c2CC(=O)NCC(=O)NCC(=O)O)cc1C. The van der Waals surface area contributed by atoms with E-state index in [-0.39, 0.29) is 18.9 Å². The molecule has 8 heteroatoms. The molecule has 0 saturated carbocycles. The number of rotatable bonds is 7. The van der Waals surface area contributed by atoms with Gasteiger partial charge in [-0.15, -0.1) is 0 Å². The largest absolute Gasteiger partial charge is 0.480 e. The normalized spacial score (nSPS) is 10.8. The molecule has 0 saturated heterocycles. The van der Waals surface area contributed by atoms with Gasteiger partial charge >= 0.3 is 5.97 Å². The number of hydrogen-bond donors (Lipinski definition) is 3. The van der Waals surface area contributed by atoms with Crippen LogP contribution in [0, 0.1) is 20.8 Å². The van der Waals surface area contributed by atoms with Gasteiger partial charge in [-0.05, 0) is 49.6 Å². The molecule has 0 unspecified atom stereocenters. The Morgan fingerprint density at radius 1 is 0.967 bits per heavy atom. The summed E-state index contributed by atoms with van der Waals surface area (Å²) in [5.41, 5.74) is 6.42. The first-order valence-electron chi connectivity index (χ1n) is 9.55. The van der Waals surface area contributed by atoms with Gasteiger partial charge in [0, 0.05) is 11.8 Å². The van der Waals surface area contributed by atoms with Crippen LogP contribution in [0.25, 0.3) is 16.9 Å². The van der Waals surface area contributed by atoms with Crippen molar-refractivity contribution in [3.05, 3.63) is 58.9 Å². The van der Waals surface area contributed by atoms with Crippen molar-refractivity contribution >= 4 is 23.4 Å². The fourth-order valence-electron chi connectivity index (χ4n) is 3.17. The van der Waals surface area contributed by atoms with E-state index in [2.05, 4.69) is 10.6 Å². The predicted octanol–water partition coefficient (Wildman–Crippen LogP) is 1.79. The highest BCUT2D eigenvalue weighted by molar-refractivity contribution is 5.88. The average molecular weight is 408 g/mol. The highest BCUT2D eigenvalue weighted by Gasteiger charge is 2.19. The number of carboxylic acids is 1. The molecule has 0 radical (unpaired) electrons. The molecule has 1 aromatic carbocycles. The molecule has 3 aromatic rings. The molecule has 0 aliphatic carbocycles. The number of amides is 2. The van der Waals surface area contributed by atoms with E-state index in [1.54, 1.807) is 0 Å². The summed E-state index contributed by atoms with van der Waals surface area (Å²) in [4.78, 5) is 39.5. The van der Waals surface area contributed by atoms with E-state index in [9.17, 15) is 14.4 Å². The minimum atomic E-state index is -1.14. The molecule has 2 amide bonds. The Morgan fingerprint density at radius 3 is 2.40 bits per heavy atom. The van der Waals surface area contributed by atoms with E-state index >= 15 is 0 Å². The third kappa shape index (κ3) is 4.65. The summed E-state index contributed by atoms with van der Waals surface area (Å²) in [5, 5.41) is 13.3. The summed E-state index contributed by atoms with van der Waals surface area (Å²) in [6.45, 7) is 5.25. The molecule has 30 heavy (non-hydrogen) atoms. The number of pyridine rings is 1. The van der Waals surface area contributed by atoms with E-state index in [1.807, 2.05) is 61.7 Å². The lowest BCUT2D eigenvalue weighted by atomic mass is 10.0. The number of aryl methyl sites for hydroxylation is 3. The van der Waals surface area contributed by atoms with E-state index in [1.165, 1.54) is 5.56 Å². The number of nitrogens with one attached hydrogen (secondary N) is 2. The lowest BCUT2D eigenvalue weighted by Gasteiger charge is -2.09. The van der Waals surface area contributed by atoms with Gasteiger partial charge in [0.1, 0.15) is 12.2 Å². The van der Waals surface area contributed by atoms with E-state index < -0.39 is 18.4 Å². The van der Waals surface area contributed by atoms with Crippen molar-refractivity contribution < 1.29 is 19.5 Å². The third-order valence-electron chi connectivity index (χ3n) is 4.94. The van der Waals surface area contributed by atoms with Crippen LogP contribution in [0.3, 0.4) is 0 Å². The first-order chi connectivity index (χ1) is 14.3. The second kappa shape index (κ2) is 8.77. The van der Waals surface area contributed by atoms with Gasteiger partial charge in [0.25, 0.3) is 0 Å². The van der Waals surface area contributed by atoms with Gasteiger partial charge in [0.15, 0.2) is 0 Å². The second-order valence-corrected chi connectivity index (χ2v) is 7.21. The summed E-state index contributed by atoms with van der Waals surface area (Å²) in [5.74, 6) is -2.06. The van der Waals surface area contributed by atoms with Crippen molar-refractivity contribution in [3.63, 3.8) is 0 Å². The number of carbonyl (C=O) groups excluding carboxylic acids is 2. The molecule has 0 aliphatic rings. The molecular weight excluding hydrogens is 384 g/mol. The Labute approximate surface area is 173 Å². The van der Waals surface area contributed by atoms with E-state index in [0.717, 1.165) is 33.7 Å². The molecule has 0 atom stereocenters. The number of hydrogen-bond acceptors (Lipinski definition) is 4. The van der Waals surface area contributed by atoms with Crippen LogP contribution in [0.15, 0.2) is 36.5 Å². The fourth-order valence-corrected chi connectivity index (χ4v) is 3.17. The summed E-state index contributed by atoms with van der Waals surface area (Å²) in [6.07, 6.45) is 1.89. The number of nitrogens with zero attached hydrogens (tertiary/aromatic N) is 2. The number of carbonyl (C=O) groups is 3. The maximum Gasteiger partial charge on any atom is 0.322 e. The van der Waals surface area contributed by atoms with Crippen molar-refractivity contribution in [2.75, 3.05) is 13.1 Å². The van der Waals surface area contributed by atoms with Crippen molar-refractivity contribution in [3.8, 4) is 11.3 Å². The van der Waals surface area contributed by atoms with Crippen LogP contribution in [0.4, 0.5) is 0 Å². The molecule has 2 aromatic heterocycles. The monoisotopic (exact) mass is 408 g/mol. The number of carboxylic acid groups (broad SMARTS) is 1. The fraction of sp³-hybridized carbons (Fsp3) is 0.273. The number of imidazole rings is 1. The molecule has 2 heterocycles. The maximum absolute atomic E-state index is 12.5. The van der Waals surface area contributed by atoms with Gasteiger partial charge in [0.2, 0.25) is 11.8 Å². The standard InChI is InChI=1S/C22H24N4O4/c1-13-6-7-16(9-15(13)3)21-17(26-8-4-5-14(2)22(26)25-21)10-18(27)23-11-19(28)24-12-20(29)30/h4-9H,10-12H2,1-3H3,(H,23,27)(H,24,28)(H,29,30). The van der Waals surface area contributed by atoms with Crippen molar-refractivity contribution in [1.82, 2.24) is 20.0 Å². The molecular formula is C22H24N4O4. The smallest absolute Gasteiger partial charge is 0.322 e. The van der Waals surface area contributed by atoms with Gasteiger partial charge in [-0.1, -0.05) is 18.2 Å². The summed E-state index contributed by atoms with van der Waals surface area (Å²) in [7, 11) is 0. The zero-order chi connectivity index (χ0) is 21.8. The molecule has 3 N–H and O–H groups in total. The Bertz CT molecular complexity index is 1130. The molecule has 3 rings (SSSR count). The van der Waals surface area contributed by atoms with Gasteiger partial charge < -0.3 is 20.1 Å². The number of aromatic nitrogens is 2. The first kappa shape index (κ1) is 21.0. The molecule has 0 fully saturated rings. The van der Waals surface area contributed by atoms with Gasteiger partial charge in [-0.2, -0.15) is 0 Å². The lowest BCUT2D eigenvalue weighted by Crippen LogP contribution is -2.39. The lowest BCUT2D eigenvalue weighted by molar-refractivity contribution is -0.137. The number of aliphatic carboxylic acids is 1. The molecule has 8 nitrogen and oxygen atoms in total. The minimum Gasteiger partial charge on any atom is -0.480 e. The zero-order valence-corrected chi connectivity index (χ0v) is 17.2. The van der Waals surface area contributed by atoms with Gasteiger partial charge in [-0.3, -0.25) is 14.4 Å². The molecule has 156 valence electrons. The van der Waals surface area contributed by atoms with E-state index in [4.69, 9.17) is 10.1 Å². The highest BCUT2D eigenvalue weighted by atomic mass is 16.4. The van der Waals surface area contributed by atoms with Crippen LogP contribution in [-0.2, 0) is 20.8 Å². The van der Waals surface area contributed by atoms with E-state index in [0.29, 0.717) is 0 Å². The van der Waals surface area contributed by atoms with Crippen LogP contribution in [-0.4, -0.2) is 45.4 Å². The first-order valence-corrected chi connectivity index (χ1v) is 9.55. The van der Waals surface area contributed by atoms with Gasteiger partial charge in [0.05, 0.1) is 24.4 Å². The minimum absolute atomic E-state index is 0.0269. The van der Waals surface area contributed by atoms with Crippen LogP contribution in [0.5, 0.6) is 0 Å². The Hall–Kier alpha value is -3.68. The Morgan fingerprint density at radius 2 is 1.70 bits per heavy atom. The van der Waals surface area contributed by atoms with Crippen LogP contribution in [0.1, 0.15) is 22.4 Å². The second-order valence-electron chi connectivity index (χ2n) is 7.21. The van der Waals surface area contributed by atoms with Crippen molar-refractivity contribution in [1.29, 1.82) is 0 Å². The summed E-state index contributed by atoms with van der Waals surface area (Å²) < 4.78 is 1.89. The number of fused-ring (bicyclic) bond motifs is 1. The molecule has 0 spiro atoms. The molecule has 0 bridgehead atoms. The average Bonchev–Trinajstić information content (AvgIpc) is 3.06. The summed E-state index contributed by atoms with van der Waals surface area (Å²) >= 11 is 0. The topological polar surface area (TPSA) is 113 Å². The predicted molar refractivity (Wildman–Crippen MR) is 112 cm³/mol.